The van der Waals surface area contributed by atoms with Crippen LogP contribution in [0.2, 0.25) is 0 Å². The van der Waals surface area contributed by atoms with E-state index in [1.165, 1.54) is 0 Å². The zero-order chi connectivity index (χ0) is 12.2. The zero-order valence-corrected chi connectivity index (χ0v) is 10.8. The maximum atomic E-state index is 11.6. The highest BCUT2D eigenvalue weighted by Crippen LogP contribution is 2.18. The summed E-state index contributed by atoms with van der Waals surface area (Å²) in [5.74, 6) is 0.662. The summed E-state index contributed by atoms with van der Waals surface area (Å²) in [7, 11) is 1.68. The summed E-state index contributed by atoms with van der Waals surface area (Å²) < 4.78 is 5.36. The van der Waals surface area contributed by atoms with E-state index in [-0.39, 0.29) is 11.3 Å². The quantitative estimate of drug-likeness (QED) is 0.731. The summed E-state index contributed by atoms with van der Waals surface area (Å²) in [4.78, 5) is 11.6. The van der Waals surface area contributed by atoms with Crippen molar-refractivity contribution in [2.75, 3.05) is 26.8 Å². The molecule has 0 aromatic heterocycles. The predicted octanol–water partition coefficient (Wildman–Crippen LogP) is 0.773. The Morgan fingerprint density at radius 2 is 2.25 bits per heavy atom. The fraction of sp³-hybridized carbons (Fsp3) is 0.917. The molecule has 0 aliphatic carbocycles. The molecule has 0 unspecified atom stereocenters. The normalized spacial score (nSPS) is 23.1. The Hall–Kier alpha value is -0.610. The Morgan fingerprint density at radius 3 is 2.75 bits per heavy atom. The van der Waals surface area contributed by atoms with Crippen LogP contribution in [0.5, 0.6) is 0 Å². The molecule has 1 fully saturated rings. The Morgan fingerprint density at radius 1 is 1.56 bits per heavy atom. The molecule has 4 nitrogen and oxygen atoms in total. The number of amides is 1. The van der Waals surface area contributed by atoms with Gasteiger partial charge in [0.2, 0.25) is 5.91 Å². The van der Waals surface area contributed by atoms with Gasteiger partial charge in [-0.05, 0) is 33.1 Å². The monoisotopic (exact) mass is 228 g/mol. The fourth-order valence-electron chi connectivity index (χ4n) is 1.95. The van der Waals surface area contributed by atoms with Crippen molar-refractivity contribution in [2.45, 2.75) is 33.2 Å². The molecular weight excluding hydrogens is 204 g/mol. The van der Waals surface area contributed by atoms with Gasteiger partial charge >= 0.3 is 0 Å². The highest BCUT2D eigenvalue weighted by molar-refractivity contribution is 5.81. The van der Waals surface area contributed by atoms with Crippen LogP contribution in [-0.4, -0.2) is 38.8 Å². The van der Waals surface area contributed by atoms with E-state index in [9.17, 15) is 4.79 Å². The van der Waals surface area contributed by atoms with Crippen LogP contribution in [0.3, 0.4) is 0 Å². The van der Waals surface area contributed by atoms with Gasteiger partial charge in [0.05, 0.1) is 12.0 Å². The van der Waals surface area contributed by atoms with Gasteiger partial charge in [0.25, 0.3) is 0 Å². The van der Waals surface area contributed by atoms with Crippen LogP contribution in [0.15, 0.2) is 0 Å². The number of rotatable bonds is 5. The van der Waals surface area contributed by atoms with Crippen LogP contribution in [0, 0.1) is 11.3 Å². The molecule has 1 saturated heterocycles. The number of hydrogen-bond acceptors (Lipinski definition) is 3. The lowest BCUT2D eigenvalue weighted by atomic mass is 9.91. The van der Waals surface area contributed by atoms with Crippen LogP contribution >= 0.6 is 0 Å². The second kappa shape index (κ2) is 5.64. The smallest absolute Gasteiger partial charge is 0.226 e. The van der Waals surface area contributed by atoms with Crippen molar-refractivity contribution in [1.29, 1.82) is 0 Å². The van der Waals surface area contributed by atoms with Crippen molar-refractivity contribution in [3.05, 3.63) is 0 Å². The Bertz CT molecular complexity index is 235. The maximum Gasteiger partial charge on any atom is 0.226 e. The molecule has 0 radical (unpaired) electrons. The van der Waals surface area contributed by atoms with E-state index in [1.54, 1.807) is 7.05 Å². The molecule has 0 spiro atoms. The number of nitrogens with one attached hydrogen (secondary N) is 2. The summed E-state index contributed by atoms with van der Waals surface area (Å²) in [5.41, 5.74) is -0.359. The number of carbonyl (C=O) groups excluding carboxylic acids is 1. The van der Waals surface area contributed by atoms with Gasteiger partial charge in [0.15, 0.2) is 0 Å². The van der Waals surface area contributed by atoms with Crippen LogP contribution in [-0.2, 0) is 9.53 Å². The van der Waals surface area contributed by atoms with Gasteiger partial charge in [-0.2, -0.15) is 0 Å². The van der Waals surface area contributed by atoms with Crippen LogP contribution in [0.1, 0.15) is 27.2 Å². The lowest BCUT2D eigenvalue weighted by Crippen LogP contribution is -2.46. The minimum absolute atomic E-state index is 0.0786. The topological polar surface area (TPSA) is 50.4 Å². The molecule has 1 amide bonds. The molecule has 1 heterocycles. The molecule has 1 aliphatic heterocycles. The zero-order valence-electron chi connectivity index (χ0n) is 10.8. The molecule has 0 saturated carbocycles. The Labute approximate surface area is 98.1 Å². The molecule has 1 aliphatic rings. The lowest BCUT2D eigenvalue weighted by molar-refractivity contribution is -0.128. The summed E-state index contributed by atoms with van der Waals surface area (Å²) in [6.07, 6.45) is 1.12. The van der Waals surface area contributed by atoms with Gasteiger partial charge < -0.3 is 15.4 Å². The first-order valence-electron chi connectivity index (χ1n) is 6.00. The largest absolute Gasteiger partial charge is 0.381 e. The van der Waals surface area contributed by atoms with Crippen molar-refractivity contribution < 1.29 is 9.53 Å². The Kier molecular flexibility index (Phi) is 4.74. The highest BCUT2D eigenvalue weighted by Gasteiger charge is 2.29. The highest BCUT2D eigenvalue weighted by atomic mass is 16.5. The minimum Gasteiger partial charge on any atom is -0.381 e. The van der Waals surface area contributed by atoms with E-state index in [2.05, 4.69) is 17.6 Å². The average Bonchev–Trinajstić information content (AvgIpc) is 2.78. The van der Waals surface area contributed by atoms with Gasteiger partial charge in [0.1, 0.15) is 0 Å². The third-order valence-electron chi connectivity index (χ3n) is 3.38. The Balaban J connectivity index is 2.35. The van der Waals surface area contributed by atoms with E-state index in [4.69, 9.17) is 4.74 Å². The molecule has 0 aromatic carbocycles. The number of carbonyl (C=O) groups is 1. The molecule has 94 valence electrons. The van der Waals surface area contributed by atoms with Crippen molar-refractivity contribution in [3.8, 4) is 0 Å². The molecule has 0 aromatic rings. The van der Waals surface area contributed by atoms with Gasteiger partial charge in [-0.15, -0.1) is 0 Å². The van der Waals surface area contributed by atoms with Crippen LogP contribution in [0.25, 0.3) is 0 Å². The van der Waals surface area contributed by atoms with Gasteiger partial charge in [0, 0.05) is 26.2 Å². The molecule has 1 rings (SSSR count). The van der Waals surface area contributed by atoms with E-state index in [0.29, 0.717) is 18.5 Å². The van der Waals surface area contributed by atoms with Crippen molar-refractivity contribution in [3.63, 3.8) is 0 Å². The second-order valence-corrected chi connectivity index (χ2v) is 5.26. The number of ether oxygens (including phenoxy) is 1. The van der Waals surface area contributed by atoms with Crippen LogP contribution in [0.4, 0.5) is 0 Å². The fourth-order valence-corrected chi connectivity index (χ4v) is 1.95. The first-order chi connectivity index (χ1) is 7.47. The van der Waals surface area contributed by atoms with Crippen molar-refractivity contribution in [1.82, 2.24) is 10.6 Å². The van der Waals surface area contributed by atoms with Crippen LogP contribution < -0.4 is 10.6 Å². The summed E-state index contributed by atoms with van der Waals surface area (Å²) in [5, 5.41) is 6.13. The molecular formula is C12H24N2O2. The first-order valence-corrected chi connectivity index (χ1v) is 6.00. The van der Waals surface area contributed by atoms with E-state index in [1.807, 2.05) is 13.8 Å². The third-order valence-corrected chi connectivity index (χ3v) is 3.38. The summed E-state index contributed by atoms with van der Waals surface area (Å²) in [6.45, 7) is 8.49. The third kappa shape index (κ3) is 3.46. The SMILES string of the molecule is CNC(=O)C(C)(C)CN[C@H](C)[C@H]1CCOC1. The molecule has 2 N–H and O–H groups in total. The predicted molar refractivity (Wildman–Crippen MR) is 64.2 cm³/mol. The summed E-state index contributed by atoms with van der Waals surface area (Å²) >= 11 is 0. The van der Waals surface area contributed by atoms with Crippen molar-refractivity contribution in [2.24, 2.45) is 11.3 Å². The average molecular weight is 228 g/mol. The van der Waals surface area contributed by atoms with Gasteiger partial charge in [-0.25, -0.2) is 0 Å². The maximum absolute atomic E-state index is 11.6. The number of hydrogen-bond donors (Lipinski definition) is 2. The van der Waals surface area contributed by atoms with Gasteiger partial charge in [-0.1, -0.05) is 0 Å². The minimum atomic E-state index is -0.359. The van der Waals surface area contributed by atoms with E-state index < -0.39 is 0 Å². The molecule has 4 heteroatoms. The summed E-state index contributed by atoms with van der Waals surface area (Å²) in [6, 6.07) is 0.409. The van der Waals surface area contributed by atoms with Gasteiger partial charge in [-0.3, -0.25) is 4.79 Å². The standard InChI is InChI=1S/C12H24N2O2/c1-9(10-5-6-16-7-10)14-8-12(2,3)11(15)13-4/h9-10,14H,5-8H2,1-4H3,(H,13,15)/t9-,10+/m1/s1. The molecule has 2 atom stereocenters. The lowest BCUT2D eigenvalue weighted by Gasteiger charge is -2.27. The molecule has 16 heavy (non-hydrogen) atoms. The second-order valence-electron chi connectivity index (χ2n) is 5.26. The first kappa shape index (κ1) is 13.5. The van der Waals surface area contributed by atoms with E-state index in [0.717, 1.165) is 19.6 Å². The van der Waals surface area contributed by atoms with Crippen molar-refractivity contribution >= 4 is 5.91 Å². The van der Waals surface area contributed by atoms with E-state index >= 15 is 0 Å². The molecule has 0 bridgehead atoms.